The third-order valence-corrected chi connectivity index (χ3v) is 11.6. The molecule has 4 N–H and O–H groups in total. The van der Waals surface area contributed by atoms with Crippen molar-refractivity contribution in [2.24, 2.45) is 29.4 Å². The zero-order chi connectivity index (χ0) is 45.6. The third-order valence-electron chi connectivity index (χ3n) is 11.6. The van der Waals surface area contributed by atoms with E-state index in [9.17, 15) is 19.5 Å². The fraction of sp³-hybridized carbons (Fsp3) is 0.521. The van der Waals surface area contributed by atoms with Gasteiger partial charge >= 0.3 is 18.3 Å². The van der Waals surface area contributed by atoms with Crippen molar-refractivity contribution >= 4 is 18.3 Å². The Hall–Kier alpha value is -6.07. The number of carbonyl (C=O) groups excluding carboxylic acids is 2. The van der Waals surface area contributed by atoms with Gasteiger partial charge in [0.25, 0.3) is 0 Å². The number of carboxylic acid groups (broad SMARTS) is 1. The molecule has 4 aliphatic rings. The SMILES string of the molecule is CC(C)(C)OC(=O)N1CC2CC(CN(CC(COc3ccc(C#N)cc3)NC(=O)OCc3ccccc3)C2)C1.N#Cc1ccc(OCC(N)CN2CC3CC(C2)CN(C(=O)O)C3)cc1. The van der Waals surface area contributed by atoms with E-state index in [1.165, 1.54) is 0 Å². The predicted molar refractivity (Wildman–Crippen MR) is 238 cm³/mol. The molecule has 4 bridgehead atoms. The number of ether oxygens (including phenoxy) is 4. The van der Waals surface area contributed by atoms with Gasteiger partial charge in [0.15, 0.2) is 0 Å². The molecule has 3 amide bonds. The second kappa shape index (κ2) is 22.5. The van der Waals surface area contributed by atoms with Crippen molar-refractivity contribution in [2.75, 3.05) is 78.7 Å². The number of nitrogens with two attached hydrogens (primary N) is 1. The van der Waals surface area contributed by atoms with E-state index in [4.69, 9.17) is 35.2 Å². The first-order chi connectivity index (χ1) is 30.7. The Bertz CT molecular complexity index is 2040. The molecule has 4 aliphatic heterocycles. The summed E-state index contributed by atoms with van der Waals surface area (Å²) in [6.07, 6.45) is 0.630. The number of benzene rings is 3. The molecule has 0 aromatic heterocycles. The Kier molecular flexibility index (Phi) is 16.7. The van der Waals surface area contributed by atoms with Crippen LogP contribution in [0.3, 0.4) is 0 Å². The first-order valence-electron chi connectivity index (χ1n) is 22.1. The van der Waals surface area contributed by atoms with Gasteiger partial charge < -0.3 is 54.7 Å². The summed E-state index contributed by atoms with van der Waals surface area (Å²) in [6, 6.07) is 27.2. The molecule has 0 aliphatic carbocycles. The third kappa shape index (κ3) is 15.0. The lowest BCUT2D eigenvalue weighted by molar-refractivity contribution is -0.0115. The Morgan fingerprint density at radius 1 is 0.719 bits per heavy atom. The number of fused-ring (bicyclic) bond motifs is 4. The fourth-order valence-corrected chi connectivity index (χ4v) is 9.12. The average Bonchev–Trinajstić information content (AvgIpc) is 3.26. The monoisotopic (exact) mass is 878 g/mol. The topological polar surface area (TPSA) is 207 Å². The van der Waals surface area contributed by atoms with Crippen LogP contribution in [0.25, 0.3) is 0 Å². The zero-order valence-electron chi connectivity index (χ0n) is 37.1. The zero-order valence-corrected chi connectivity index (χ0v) is 37.1. The molecule has 4 saturated heterocycles. The van der Waals surface area contributed by atoms with E-state index < -0.39 is 17.8 Å². The highest BCUT2D eigenvalue weighted by molar-refractivity contribution is 5.68. The summed E-state index contributed by atoms with van der Waals surface area (Å²) >= 11 is 0. The summed E-state index contributed by atoms with van der Waals surface area (Å²) in [5.74, 6) is 2.82. The summed E-state index contributed by atoms with van der Waals surface area (Å²) in [5, 5.41) is 30.0. The van der Waals surface area contributed by atoms with E-state index in [1.54, 1.807) is 53.4 Å². The van der Waals surface area contributed by atoms with E-state index in [2.05, 4.69) is 27.3 Å². The number of amides is 3. The number of likely N-dealkylation sites (tertiary alicyclic amines) is 4. The van der Waals surface area contributed by atoms with Crippen LogP contribution in [0.1, 0.15) is 50.3 Å². The summed E-state index contributed by atoms with van der Waals surface area (Å²) in [4.78, 5) is 44.6. The van der Waals surface area contributed by atoms with E-state index in [0.29, 0.717) is 85.6 Å². The number of rotatable bonds is 13. The highest BCUT2D eigenvalue weighted by atomic mass is 16.6. The molecule has 0 radical (unpaired) electrons. The van der Waals surface area contributed by atoms with Crippen LogP contribution in [-0.2, 0) is 16.1 Å². The van der Waals surface area contributed by atoms with Crippen LogP contribution >= 0.6 is 0 Å². The van der Waals surface area contributed by atoms with Crippen molar-refractivity contribution in [3.05, 3.63) is 95.6 Å². The first kappa shape index (κ1) is 47.4. The van der Waals surface area contributed by atoms with Crippen LogP contribution in [0, 0.1) is 46.3 Å². The number of nitriles is 2. The second-order valence-electron chi connectivity index (χ2n) is 18.5. The molecule has 0 saturated carbocycles. The number of hydrogen-bond donors (Lipinski definition) is 3. The van der Waals surface area contributed by atoms with Crippen LogP contribution in [-0.4, -0.2) is 139 Å². The summed E-state index contributed by atoms with van der Waals surface area (Å²) in [5.41, 5.74) is 7.77. The highest BCUT2D eigenvalue weighted by Gasteiger charge is 2.39. The van der Waals surface area contributed by atoms with Gasteiger partial charge in [-0.1, -0.05) is 30.3 Å². The normalized spacial score (nSPS) is 21.7. The molecule has 3 aromatic rings. The van der Waals surface area contributed by atoms with Gasteiger partial charge in [-0.15, -0.1) is 0 Å². The number of nitrogens with zero attached hydrogens (tertiary/aromatic N) is 6. The van der Waals surface area contributed by atoms with E-state index in [0.717, 1.165) is 51.1 Å². The lowest BCUT2D eigenvalue weighted by Crippen LogP contribution is -2.57. The minimum Gasteiger partial charge on any atom is -0.492 e. The van der Waals surface area contributed by atoms with Crippen molar-refractivity contribution in [3.8, 4) is 23.6 Å². The first-order valence-corrected chi connectivity index (χ1v) is 22.1. The van der Waals surface area contributed by atoms with Gasteiger partial charge in [0.2, 0.25) is 0 Å². The summed E-state index contributed by atoms with van der Waals surface area (Å²) < 4.78 is 22.8. The molecule has 4 fully saturated rings. The van der Waals surface area contributed by atoms with Crippen LogP contribution in [0.15, 0.2) is 78.9 Å². The van der Waals surface area contributed by atoms with Gasteiger partial charge in [0.05, 0.1) is 35.3 Å². The van der Waals surface area contributed by atoms with Crippen LogP contribution in [0.5, 0.6) is 11.5 Å². The van der Waals surface area contributed by atoms with E-state index in [1.807, 2.05) is 56.0 Å². The molecule has 6 unspecified atom stereocenters. The van der Waals surface area contributed by atoms with E-state index >= 15 is 0 Å². The molecule has 16 heteroatoms. The van der Waals surface area contributed by atoms with E-state index in [-0.39, 0.29) is 31.4 Å². The molecule has 64 heavy (non-hydrogen) atoms. The molecule has 7 rings (SSSR count). The Morgan fingerprint density at radius 3 is 1.69 bits per heavy atom. The number of carbonyl (C=O) groups is 3. The number of hydrogen-bond acceptors (Lipinski definition) is 12. The summed E-state index contributed by atoms with van der Waals surface area (Å²) in [6.45, 7) is 13.9. The fourth-order valence-electron chi connectivity index (χ4n) is 9.12. The number of alkyl carbamates (subject to hydrolysis) is 1. The van der Waals surface area contributed by atoms with Crippen LogP contribution < -0.4 is 20.5 Å². The van der Waals surface area contributed by atoms with Crippen LogP contribution in [0.4, 0.5) is 14.4 Å². The molecular formula is C48H62N8O8. The van der Waals surface area contributed by atoms with Gasteiger partial charge in [-0.25, -0.2) is 14.4 Å². The minimum atomic E-state index is -0.810. The van der Waals surface area contributed by atoms with Crippen LogP contribution in [0.2, 0.25) is 0 Å². The van der Waals surface area contributed by atoms with Gasteiger partial charge in [0, 0.05) is 65.4 Å². The molecule has 4 heterocycles. The van der Waals surface area contributed by atoms with Crippen molar-refractivity contribution in [1.82, 2.24) is 24.9 Å². The molecule has 6 atom stereocenters. The molecule has 16 nitrogen and oxygen atoms in total. The molecule has 3 aromatic carbocycles. The Balaban J connectivity index is 0.000000234. The van der Waals surface area contributed by atoms with Crippen molar-refractivity contribution < 1.29 is 38.4 Å². The highest BCUT2D eigenvalue weighted by Crippen LogP contribution is 2.31. The Morgan fingerprint density at radius 2 is 1.20 bits per heavy atom. The quantitative estimate of drug-likeness (QED) is 0.191. The molecule has 0 spiro atoms. The number of nitrogens with one attached hydrogen (secondary N) is 1. The largest absolute Gasteiger partial charge is 0.492 e. The maximum atomic E-state index is 12.7. The smallest absolute Gasteiger partial charge is 0.410 e. The lowest BCUT2D eigenvalue weighted by Gasteiger charge is -2.46. The predicted octanol–water partition coefficient (Wildman–Crippen LogP) is 5.62. The molecular weight excluding hydrogens is 817 g/mol. The van der Waals surface area contributed by atoms with Crippen molar-refractivity contribution in [2.45, 2.75) is 57.9 Å². The minimum absolute atomic E-state index is 0.106. The Labute approximate surface area is 376 Å². The second-order valence-corrected chi connectivity index (χ2v) is 18.5. The van der Waals surface area contributed by atoms with Gasteiger partial charge in [-0.3, -0.25) is 0 Å². The van der Waals surface area contributed by atoms with Gasteiger partial charge in [0.1, 0.15) is 36.9 Å². The van der Waals surface area contributed by atoms with Crippen molar-refractivity contribution in [1.29, 1.82) is 10.5 Å². The molecule has 342 valence electrons. The lowest BCUT2D eigenvalue weighted by atomic mass is 9.84. The average molecular weight is 879 g/mol. The summed E-state index contributed by atoms with van der Waals surface area (Å²) in [7, 11) is 0. The maximum absolute atomic E-state index is 12.7. The maximum Gasteiger partial charge on any atom is 0.410 e. The van der Waals surface area contributed by atoms with Gasteiger partial charge in [-0.2, -0.15) is 10.5 Å². The number of piperidine rings is 4. The van der Waals surface area contributed by atoms with Crippen molar-refractivity contribution in [3.63, 3.8) is 0 Å². The van der Waals surface area contributed by atoms with Gasteiger partial charge in [-0.05, 0) is 111 Å². The standard InChI is InChI=1S/C30H38N4O5.C18H24N4O3/c1-30(2,3)39-29(36)34-17-24-13-25(18-34)16-33(15-24)19-26(21-37-27-11-9-22(14-31)10-12-27)32-28(35)38-20-23-7-5-4-6-8-23;19-6-13-1-3-17(4-2-13)25-12-16(20)11-21-7-14-5-15(8-21)10-22(9-14)18(23)24/h4-12,24-26H,13,15-21H2,1-3H3,(H,32,35);1-4,14-16H,5,7-12,20H2,(H,23,24).